The van der Waals surface area contributed by atoms with Gasteiger partial charge in [-0.1, -0.05) is 53.6 Å². The summed E-state index contributed by atoms with van der Waals surface area (Å²) in [6.07, 6.45) is 1.41. The smallest absolute Gasteiger partial charge is 0.271 e. The van der Waals surface area contributed by atoms with Crippen molar-refractivity contribution >= 4 is 35.0 Å². The fourth-order valence-corrected chi connectivity index (χ4v) is 2.90. The van der Waals surface area contributed by atoms with Crippen molar-refractivity contribution in [3.8, 4) is 11.8 Å². The quantitative estimate of drug-likeness (QED) is 0.217. The summed E-state index contributed by atoms with van der Waals surface area (Å²) < 4.78 is 5.75. The van der Waals surface area contributed by atoms with Gasteiger partial charge in [-0.2, -0.15) is 5.26 Å². The van der Waals surface area contributed by atoms with E-state index < -0.39 is 10.8 Å². The number of ether oxygens (including phenoxy) is 1. The fraction of sp³-hybridized carbons (Fsp3) is 0.0833. The van der Waals surface area contributed by atoms with E-state index in [-0.39, 0.29) is 22.0 Å². The molecule has 0 saturated carbocycles. The molecule has 0 fully saturated rings. The summed E-state index contributed by atoms with van der Waals surface area (Å²) in [5.74, 6) is -0.0799. The van der Waals surface area contributed by atoms with Crippen molar-refractivity contribution in [1.82, 2.24) is 0 Å². The molecule has 0 bridgehead atoms. The Labute approximate surface area is 189 Å². The van der Waals surface area contributed by atoms with Crippen LogP contribution >= 0.6 is 11.6 Å². The van der Waals surface area contributed by atoms with Gasteiger partial charge in [-0.15, -0.1) is 0 Å². The number of rotatable bonds is 7. The summed E-state index contributed by atoms with van der Waals surface area (Å²) >= 11 is 6.00. The third-order valence-electron chi connectivity index (χ3n) is 4.49. The number of halogens is 1. The third kappa shape index (κ3) is 5.94. The number of nitrogens with one attached hydrogen (secondary N) is 1. The van der Waals surface area contributed by atoms with Crippen LogP contribution in [0.25, 0.3) is 6.08 Å². The lowest BCUT2D eigenvalue weighted by molar-refractivity contribution is -0.384. The second kappa shape index (κ2) is 10.2. The molecule has 160 valence electrons. The SMILES string of the molecule is Cc1ccc(COc2ccc(/C=C(\C#N)C(=O)Nc3cc([N+](=O)[O-])ccc3Cl)cc2)cc1. The van der Waals surface area contributed by atoms with Crippen molar-refractivity contribution in [2.24, 2.45) is 0 Å². The van der Waals surface area contributed by atoms with E-state index >= 15 is 0 Å². The van der Waals surface area contributed by atoms with E-state index in [1.54, 1.807) is 24.3 Å². The van der Waals surface area contributed by atoms with Crippen LogP contribution in [0.5, 0.6) is 5.75 Å². The van der Waals surface area contributed by atoms with Crippen molar-refractivity contribution in [3.63, 3.8) is 0 Å². The Morgan fingerprint density at radius 2 is 1.84 bits per heavy atom. The minimum absolute atomic E-state index is 0.0480. The van der Waals surface area contributed by atoms with Gasteiger partial charge in [-0.25, -0.2) is 0 Å². The zero-order valence-corrected chi connectivity index (χ0v) is 17.8. The molecule has 3 rings (SSSR count). The number of nitrogens with zero attached hydrogens (tertiary/aromatic N) is 2. The Morgan fingerprint density at radius 3 is 2.47 bits per heavy atom. The molecule has 0 saturated heterocycles. The molecule has 0 aliphatic rings. The maximum absolute atomic E-state index is 12.5. The number of non-ortho nitro benzene ring substituents is 1. The van der Waals surface area contributed by atoms with E-state index in [9.17, 15) is 20.2 Å². The highest BCUT2D eigenvalue weighted by molar-refractivity contribution is 6.34. The Balaban J connectivity index is 1.68. The zero-order chi connectivity index (χ0) is 23.1. The highest BCUT2D eigenvalue weighted by atomic mass is 35.5. The molecule has 0 spiro atoms. The first-order chi connectivity index (χ1) is 15.4. The molecule has 3 aromatic carbocycles. The Morgan fingerprint density at radius 1 is 1.16 bits per heavy atom. The number of hydrogen-bond acceptors (Lipinski definition) is 5. The fourth-order valence-electron chi connectivity index (χ4n) is 2.74. The van der Waals surface area contributed by atoms with Crippen LogP contribution in [0, 0.1) is 28.4 Å². The predicted molar refractivity (Wildman–Crippen MR) is 122 cm³/mol. The minimum atomic E-state index is -0.727. The summed E-state index contributed by atoms with van der Waals surface area (Å²) in [7, 11) is 0. The molecule has 1 N–H and O–H groups in total. The van der Waals surface area contributed by atoms with Gasteiger partial charge >= 0.3 is 0 Å². The number of carbonyl (C=O) groups is 1. The topological polar surface area (TPSA) is 105 Å². The average Bonchev–Trinajstić information content (AvgIpc) is 2.79. The summed E-state index contributed by atoms with van der Waals surface area (Å²) in [4.78, 5) is 22.8. The molecule has 8 heteroatoms. The number of nitro groups is 1. The lowest BCUT2D eigenvalue weighted by atomic mass is 10.1. The van der Waals surface area contributed by atoms with Crippen LogP contribution in [-0.4, -0.2) is 10.8 Å². The van der Waals surface area contributed by atoms with E-state index in [1.165, 1.54) is 23.8 Å². The molecule has 0 atom stereocenters. The normalized spacial score (nSPS) is 10.8. The van der Waals surface area contributed by atoms with Crippen molar-refractivity contribution < 1.29 is 14.5 Å². The summed E-state index contributed by atoms with van der Waals surface area (Å²) in [6, 6.07) is 20.4. The van der Waals surface area contributed by atoms with E-state index in [1.807, 2.05) is 37.3 Å². The van der Waals surface area contributed by atoms with E-state index in [0.717, 1.165) is 11.6 Å². The van der Waals surface area contributed by atoms with E-state index in [2.05, 4.69) is 5.32 Å². The van der Waals surface area contributed by atoms with Gasteiger partial charge < -0.3 is 10.1 Å². The van der Waals surface area contributed by atoms with Crippen molar-refractivity contribution in [1.29, 1.82) is 5.26 Å². The number of hydrogen-bond donors (Lipinski definition) is 1. The van der Waals surface area contributed by atoms with Crippen LogP contribution in [0.4, 0.5) is 11.4 Å². The lowest BCUT2D eigenvalue weighted by Gasteiger charge is -2.08. The molecular weight excluding hydrogens is 430 g/mol. The van der Waals surface area contributed by atoms with Gasteiger partial charge in [0.1, 0.15) is 24.0 Å². The Kier molecular flexibility index (Phi) is 7.21. The molecule has 0 aliphatic heterocycles. The maximum atomic E-state index is 12.5. The van der Waals surface area contributed by atoms with Gasteiger partial charge in [0.25, 0.3) is 11.6 Å². The van der Waals surface area contributed by atoms with Crippen LogP contribution in [0.15, 0.2) is 72.3 Å². The molecule has 0 unspecified atom stereocenters. The molecule has 32 heavy (non-hydrogen) atoms. The number of aryl methyl sites for hydroxylation is 1. The van der Waals surface area contributed by atoms with Gasteiger partial charge in [0.05, 0.1) is 15.6 Å². The summed E-state index contributed by atoms with van der Waals surface area (Å²) in [5.41, 5.74) is 2.48. The highest BCUT2D eigenvalue weighted by Crippen LogP contribution is 2.27. The van der Waals surface area contributed by atoms with Gasteiger partial charge in [-0.3, -0.25) is 14.9 Å². The van der Waals surface area contributed by atoms with Gasteiger partial charge in [0, 0.05) is 12.1 Å². The molecule has 0 aromatic heterocycles. The molecule has 0 aliphatic carbocycles. The van der Waals surface area contributed by atoms with Crippen LogP contribution in [0.2, 0.25) is 5.02 Å². The third-order valence-corrected chi connectivity index (χ3v) is 4.82. The number of anilines is 1. The summed E-state index contributed by atoms with van der Waals surface area (Å²) in [5, 5.41) is 22.9. The second-order valence-corrected chi connectivity index (χ2v) is 7.30. The molecule has 1 amide bonds. The molecule has 0 radical (unpaired) electrons. The maximum Gasteiger partial charge on any atom is 0.271 e. The van der Waals surface area contributed by atoms with Crippen LogP contribution in [0.3, 0.4) is 0 Å². The standard InChI is InChI=1S/C24H18ClN3O4/c1-16-2-4-18(5-3-16)15-32-21-9-6-17(7-10-21)12-19(14-26)24(29)27-23-13-20(28(30)31)8-11-22(23)25/h2-13H,15H2,1H3,(H,27,29)/b19-12+. The van der Waals surface area contributed by atoms with E-state index in [4.69, 9.17) is 16.3 Å². The highest BCUT2D eigenvalue weighted by Gasteiger charge is 2.15. The number of amides is 1. The zero-order valence-electron chi connectivity index (χ0n) is 17.0. The number of carbonyl (C=O) groups excluding carboxylic acids is 1. The van der Waals surface area contributed by atoms with Crippen LogP contribution in [0.1, 0.15) is 16.7 Å². The predicted octanol–water partition coefficient (Wildman–Crippen LogP) is 5.68. The Bertz CT molecular complexity index is 1210. The first-order valence-corrected chi connectivity index (χ1v) is 9.89. The monoisotopic (exact) mass is 447 g/mol. The van der Waals surface area contributed by atoms with Crippen molar-refractivity contribution in [3.05, 3.63) is 104 Å². The second-order valence-electron chi connectivity index (χ2n) is 6.89. The Hall–Kier alpha value is -4.15. The van der Waals surface area contributed by atoms with Gasteiger partial charge in [0.15, 0.2) is 0 Å². The lowest BCUT2D eigenvalue weighted by Crippen LogP contribution is -2.14. The molecule has 0 heterocycles. The summed E-state index contributed by atoms with van der Waals surface area (Å²) in [6.45, 7) is 2.44. The van der Waals surface area contributed by atoms with Gasteiger partial charge in [-0.05, 0) is 42.3 Å². The largest absolute Gasteiger partial charge is 0.489 e. The molecular formula is C24H18ClN3O4. The average molecular weight is 448 g/mol. The van der Waals surface area contributed by atoms with Crippen LogP contribution in [-0.2, 0) is 11.4 Å². The van der Waals surface area contributed by atoms with Crippen molar-refractivity contribution in [2.45, 2.75) is 13.5 Å². The number of nitriles is 1. The molecule has 3 aromatic rings. The number of benzene rings is 3. The first-order valence-electron chi connectivity index (χ1n) is 9.51. The van der Waals surface area contributed by atoms with E-state index in [0.29, 0.717) is 17.9 Å². The van der Waals surface area contributed by atoms with Crippen molar-refractivity contribution in [2.75, 3.05) is 5.32 Å². The van der Waals surface area contributed by atoms with Gasteiger partial charge in [0.2, 0.25) is 0 Å². The molecule has 7 nitrogen and oxygen atoms in total. The number of nitro benzene ring substituents is 1. The van der Waals surface area contributed by atoms with Crippen LogP contribution < -0.4 is 10.1 Å². The first kappa shape index (κ1) is 22.5. The minimum Gasteiger partial charge on any atom is -0.489 e.